The number of carbonyl (C=O) groups is 1. The molecule has 6 heteroatoms. The molecule has 3 N–H and O–H groups in total. The third kappa shape index (κ3) is 2.81. The summed E-state index contributed by atoms with van der Waals surface area (Å²) >= 11 is 4.98. The highest BCUT2D eigenvalue weighted by molar-refractivity contribution is 7.80. The molecule has 1 aliphatic rings. The fourth-order valence-electron chi connectivity index (χ4n) is 2.23. The molecule has 1 saturated carbocycles. The van der Waals surface area contributed by atoms with Gasteiger partial charge in [-0.15, -0.1) is 0 Å². The van der Waals surface area contributed by atoms with E-state index in [-0.39, 0.29) is 23.6 Å². The van der Waals surface area contributed by atoms with Crippen molar-refractivity contribution in [3.8, 4) is 0 Å². The Kier molecular flexibility index (Phi) is 3.86. The molecular formula is C12H14FN3OS. The van der Waals surface area contributed by atoms with Crippen LogP contribution in [0, 0.1) is 11.7 Å². The molecule has 0 saturated heterocycles. The molecule has 1 aromatic rings. The first-order chi connectivity index (χ1) is 8.58. The maximum atomic E-state index is 12.7. The highest BCUT2D eigenvalue weighted by atomic mass is 32.1. The summed E-state index contributed by atoms with van der Waals surface area (Å²) in [5, 5.41) is 2.85. The van der Waals surface area contributed by atoms with Crippen LogP contribution in [0.1, 0.15) is 29.8 Å². The summed E-state index contributed by atoms with van der Waals surface area (Å²) in [6.07, 6.45) is 3.77. The lowest BCUT2D eigenvalue weighted by Crippen LogP contribution is -2.41. The minimum absolute atomic E-state index is 0.0400. The van der Waals surface area contributed by atoms with Crippen molar-refractivity contribution in [2.75, 3.05) is 0 Å². The average molecular weight is 267 g/mol. The third-order valence-electron chi connectivity index (χ3n) is 3.16. The zero-order valence-electron chi connectivity index (χ0n) is 9.73. The molecule has 0 aromatic carbocycles. The first kappa shape index (κ1) is 12.9. The largest absolute Gasteiger partial charge is 0.393 e. The zero-order valence-corrected chi connectivity index (χ0v) is 10.5. The van der Waals surface area contributed by atoms with Crippen LogP contribution in [0.2, 0.25) is 0 Å². The number of thiocarbonyl (C=S) groups is 1. The van der Waals surface area contributed by atoms with E-state index in [1.807, 2.05) is 0 Å². The normalized spacial score (nSPS) is 22.7. The van der Waals surface area contributed by atoms with Gasteiger partial charge in [-0.1, -0.05) is 18.6 Å². The summed E-state index contributed by atoms with van der Waals surface area (Å²) in [6.45, 7) is 0. The topological polar surface area (TPSA) is 68.0 Å². The molecule has 0 spiro atoms. The molecule has 1 fully saturated rings. The summed E-state index contributed by atoms with van der Waals surface area (Å²) in [5.41, 5.74) is 5.84. The van der Waals surface area contributed by atoms with Gasteiger partial charge in [-0.3, -0.25) is 4.79 Å². The first-order valence-corrected chi connectivity index (χ1v) is 6.20. The lowest BCUT2D eigenvalue weighted by molar-refractivity contribution is 0.0928. The van der Waals surface area contributed by atoms with Gasteiger partial charge < -0.3 is 11.1 Å². The van der Waals surface area contributed by atoms with Crippen molar-refractivity contribution in [3.05, 3.63) is 29.8 Å². The number of aromatic nitrogens is 1. The molecule has 96 valence electrons. The molecule has 18 heavy (non-hydrogen) atoms. The summed E-state index contributed by atoms with van der Waals surface area (Å²) in [6, 6.07) is 2.53. The van der Waals surface area contributed by atoms with Crippen molar-refractivity contribution < 1.29 is 9.18 Å². The molecule has 2 rings (SSSR count). The van der Waals surface area contributed by atoms with Crippen LogP contribution in [0.3, 0.4) is 0 Å². The molecule has 0 aliphatic heterocycles. The minimum atomic E-state index is -0.464. The van der Waals surface area contributed by atoms with E-state index < -0.39 is 5.82 Å². The van der Waals surface area contributed by atoms with Gasteiger partial charge in [0.1, 0.15) is 11.5 Å². The fraction of sp³-hybridized carbons (Fsp3) is 0.417. The van der Waals surface area contributed by atoms with Crippen LogP contribution in [-0.2, 0) is 0 Å². The molecule has 0 radical (unpaired) electrons. The molecule has 1 aliphatic carbocycles. The predicted molar refractivity (Wildman–Crippen MR) is 69.6 cm³/mol. The lowest BCUT2D eigenvalue weighted by atomic mass is 10.0. The van der Waals surface area contributed by atoms with Gasteiger partial charge in [0.15, 0.2) is 0 Å². The smallest absolute Gasteiger partial charge is 0.270 e. The van der Waals surface area contributed by atoms with Crippen molar-refractivity contribution in [1.82, 2.24) is 10.3 Å². The van der Waals surface area contributed by atoms with Gasteiger partial charge in [0.2, 0.25) is 0 Å². The van der Waals surface area contributed by atoms with Gasteiger partial charge in [-0.25, -0.2) is 9.37 Å². The van der Waals surface area contributed by atoms with Crippen LogP contribution in [0.15, 0.2) is 18.3 Å². The number of nitrogens with two attached hydrogens (primary N) is 1. The summed E-state index contributed by atoms with van der Waals surface area (Å²) in [4.78, 5) is 16.1. The standard InChI is InChI=1S/C12H14FN3OS/c13-7-4-5-10(15-6-7)12(17)16-9-3-1-2-8(9)11(14)18/h4-6,8-9H,1-3H2,(H2,14,18)(H,16,17). The number of carbonyl (C=O) groups excluding carboxylic acids is 1. The number of halogens is 1. The second kappa shape index (κ2) is 5.39. The van der Waals surface area contributed by atoms with Gasteiger partial charge in [-0.05, 0) is 25.0 Å². The Balaban J connectivity index is 2.03. The van der Waals surface area contributed by atoms with Crippen LogP contribution >= 0.6 is 12.2 Å². The van der Waals surface area contributed by atoms with E-state index in [9.17, 15) is 9.18 Å². The molecule has 1 aromatic heterocycles. The average Bonchev–Trinajstić information content (AvgIpc) is 2.78. The second-order valence-electron chi connectivity index (χ2n) is 4.38. The monoisotopic (exact) mass is 267 g/mol. The molecule has 1 heterocycles. The number of pyridine rings is 1. The van der Waals surface area contributed by atoms with Crippen molar-refractivity contribution in [1.29, 1.82) is 0 Å². The maximum absolute atomic E-state index is 12.7. The Morgan fingerprint density at radius 2 is 2.28 bits per heavy atom. The predicted octanol–water partition coefficient (Wildman–Crippen LogP) is 1.41. The Morgan fingerprint density at radius 1 is 1.50 bits per heavy atom. The molecule has 0 bridgehead atoms. The highest BCUT2D eigenvalue weighted by Crippen LogP contribution is 2.26. The lowest BCUT2D eigenvalue weighted by Gasteiger charge is -2.19. The van der Waals surface area contributed by atoms with Gasteiger partial charge in [0.25, 0.3) is 5.91 Å². The quantitative estimate of drug-likeness (QED) is 0.812. The van der Waals surface area contributed by atoms with E-state index in [0.717, 1.165) is 25.5 Å². The maximum Gasteiger partial charge on any atom is 0.270 e. The van der Waals surface area contributed by atoms with Crippen molar-refractivity contribution >= 4 is 23.1 Å². The summed E-state index contributed by atoms with van der Waals surface area (Å²) in [7, 11) is 0. The fourth-order valence-corrected chi connectivity index (χ4v) is 2.51. The zero-order chi connectivity index (χ0) is 13.1. The summed E-state index contributed by atoms with van der Waals surface area (Å²) in [5.74, 6) is -0.735. The third-order valence-corrected chi connectivity index (χ3v) is 3.46. The minimum Gasteiger partial charge on any atom is -0.393 e. The van der Waals surface area contributed by atoms with Crippen LogP contribution in [0.4, 0.5) is 4.39 Å². The number of hydrogen-bond acceptors (Lipinski definition) is 3. The van der Waals surface area contributed by atoms with Gasteiger partial charge >= 0.3 is 0 Å². The van der Waals surface area contributed by atoms with E-state index in [2.05, 4.69) is 10.3 Å². The van der Waals surface area contributed by atoms with E-state index >= 15 is 0 Å². The molecule has 1 amide bonds. The Bertz CT molecular complexity index is 463. The van der Waals surface area contributed by atoms with Crippen molar-refractivity contribution in [2.24, 2.45) is 11.7 Å². The molecule has 2 atom stereocenters. The van der Waals surface area contributed by atoms with Crippen LogP contribution in [0.5, 0.6) is 0 Å². The first-order valence-electron chi connectivity index (χ1n) is 5.79. The van der Waals surface area contributed by atoms with Gasteiger partial charge in [0, 0.05) is 12.0 Å². The van der Waals surface area contributed by atoms with Crippen molar-refractivity contribution in [3.63, 3.8) is 0 Å². The number of hydrogen-bond donors (Lipinski definition) is 2. The number of nitrogens with zero attached hydrogens (tertiary/aromatic N) is 1. The number of nitrogens with one attached hydrogen (secondary N) is 1. The Morgan fingerprint density at radius 3 is 2.89 bits per heavy atom. The van der Waals surface area contributed by atoms with Crippen LogP contribution in [0.25, 0.3) is 0 Å². The molecular weight excluding hydrogens is 253 g/mol. The van der Waals surface area contributed by atoms with Crippen LogP contribution in [-0.4, -0.2) is 21.9 Å². The highest BCUT2D eigenvalue weighted by Gasteiger charge is 2.30. The SMILES string of the molecule is NC(=S)C1CCCC1NC(=O)c1ccc(F)cn1. The van der Waals surface area contributed by atoms with Crippen molar-refractivity contribution in [2.45, 2.75) is 25.3 Å². The van der Waals surface area contributed by atoms with Crippen LogP contribution < -0.4 is 11.1 Å². The number of rotatable bonds is 3. The van der Waals surface area contributed by atoms with E-state index in [0.29, 0.717) is 4.99 Å². The molecule has 4 nitrogen and oxygen atoms in total. The Labute approximate surface area is 110 Å². The Hall–Kier alpha value is -1.56. The van der Waals surface area contributed by atoms with E-state index in [4.69, 9.17) is 18.0 Å². The second-order valence-corrected chi connectivity index (χ2v) is 4.85. The number of amides is 1. The van der Waals surface area contributed by atoms with E-state index in [1.165, 1.54) is 12.1 Å². The van der Waals surface area contributed by atoms with Gasteiger partial charge in [-0.2, -0.15) is 0 Å². The van der Waals surface area contributed by atoms with Gasteiger partial charge in [0.05, 0.1) is 11.2 Å². The summed E-state index contributed by atoms with van der Waals surface area (Å²) < 4.78 is 12.7. The van der Waals surface area contributed by atoms with E-state index in [1.54, 1.807) is 0 Å². The molecule has 2 unspecified atom stereocenters.